The van der Waals surface area contributed by atoms with Crippen LogP contribution >= 0.6 is 0 Å². The zero-order chi connectivity index (χ0) is 12.1. The number of hydrogen-bond acceptors (Lipinski definition) is 3. The summed E-state index contributed by atoms with van der Waals surface area (Å²) in [4.78, 5) is 12.8. The van der Waals surface area contributed by atoms with E-state index in [-0.39, 0.29) is 5.92 Å². The lowest BCUT2D eigenvalue weighted by Gasteiger charge is -2.21. The molecule has 0 saturated carbocycles. The van der Waals surface area contributed by atoms with E-state index in [4.69, 9.17) is 5.11 Å². The van der Waals surface area contributed by atoms with Crippen molar-refractivity contribution in [3.05, 3.63) is 18.0 Å². The molecule has 0 aromatic carbocycles. The fraction of sp³-hybridized carbons (Fsp3) is 0.636. The summed E-state index contributed by atoms with van der Waals surface area (Å²) in [6, 6.07) is 1.95. The molecule has 0 aliphatic heterocycles. The second kappa shape index (κ2) is 5.65. The van der Waals surface area contributed by atoms with Gasteiger partial charge in [-0.2, -0.15) is 5.10 Å². The second-order valence-corrected chi connectivity index (χ2v) is 4.05. The summed E-state index contributed by atoms with van der Waals surface area (Å²) in [6.07, 6.45) is 1.89. The average molecular weight is 225 g/mol. The number of carboxylic acids is 1. The highest BCUT2D eigenvalue weighted by atomic mass is 16.4. The quantitative estimate of drug-likeness (QED) is 0.783. The number of carbonyl (C=O) groups is 1. The van der Waals surface area contributed by atoms with Crippen molar-refractivity contribution in [3.63, 3.8) is 0 Å². The highest BCUT2D eigenvalue weighted by Gasteiger charge is 2.15. The Labute approximate surface area is 95.7 Å². The molecule has 0 fully saturated rings. The highest BCUT2D eigenvalue weighted by Crippen LogP contribution is 2.05. The molecule has 1 atom stereocenters. The van der Waals surface area contributed by atoms with Crippen LogP contribution in [-0.2, 0) is 18.4 Å². The molecule has 0 bridgehead atoms. The van der Waals surface area contributed by atoms with E-state index in [9.17, 15) is 4.79 Å². The van der Waals surface area contributed by atoms with Crippen LogP contribution in [0.4, 0.5) is 0 Å². The summed E-state index contributed by atoms with van der Waals surface area (Å²) in [6.45, 7) is 5.84. The van der Waals surface area contributed by atoms with Gasteiger partial charge in [0, 0.05) is 26.3 Å². The molecule has 1 heterocycles. The number of hydrogen-bond donors (Lipinski definition) is 1. The molecule has 1 rings (SSSR count). The van der Waals surface area contributed by atoms with Crippen LogP contribution in [0, 0.1) is 5.92 Å². The Morgan fingerprint density at radius 3 is 2.81 bits per heavy atom. The summed E-state index contributed by atoms with van der Waals surface area (Å²) in [5, 5.41) is 13.1. The van der Waals surface area contributed by atoms with Crippen LogP contribution in [0.2, 0.25) is 0 Å². The fourth-order valence-electron chi connectivity index (χ4n) is 1.55. The molecule has 0 saturated heterocycles. The van der Waals surface area contributed by atoms with E-state index in [0.29, 0.717) is 13.1 Å². The van der Waals surface area contributed by atoms with Crippen LogP contribution in [0.25, 0.3) is 0 Å². The summed E-state index contributed by atoms with van der Waals surface area (Å²) in [5.41, 5.74) is 0.974. The first-order valence-electron chi connectivity index (χ1n) is 5.46. The molecule has 0 aliphatic carbocycles. The van der Waals surface area contributed by atoms with Gasteiger partial charge < -0.3 is 5.11 Å². The largest absolute Gasteiger partial charge is 0.481 e. The maximum Gasteiger partial charge on any atom is 0.307 e. The van der Waals surface area contributed by atoms with Crippen LogP contribution in [-0.4, -0.2) is 38.8 Å². The van der Waals surface area contributed by atoms with E-state index in [2.05, 4.69) is 10.00 Å². The van der Waals surface area contributed by atoms with Gasteiger partial charge in [-0.1, -0.05) is 13.8 Å². The summed E-state index contributed by atoms with van der Waals surface area (Å²) in [5.74, 6) is -1.09. The van der Waals surface area contributed by atoms with Gasteiger partial charge in [0.2, 0.25) is 0 Å². The maximum atomic E-state index is 10.8. The Morgan fingerprint density at radius 1 is 1.69 bits per heavy atom. The highest BCUT2D eigenvalue weighted by molar-refractivity contribution is 5.69. The maximum absolute atomic E-state index is 10.8. The van der Waals surface area contributed by atoms with Crippen LogP contribution in [0.5, 0.6) is 0 Å². The van der Waals surface area contributed by atoms with E-state index in [0.717, 1.165) is 12.2 Å². The minimum atomic E-state index is -0.750. The van der Waals surface area contributed by atoms with E-state index in [1.165, 1.54) is 0 Å². The van der Waals surface area contributed by atoms with Gasteiger partial charge in [-0.25, -0.2) is 0 Å². The van der Waals surface area contributed by atoms with Crippen molar-refractivity contribution in [2.24, 2.45) is 13.0 Å². The summed E-state index contributed by atoms with van der Waals surface area (Å²) >= 11 is 0. The Kier molecular flexibility index (Phi) is 4.49. The average Bonchev–Trinajstić information content (AvgIpc) is 2.62. The van der Waals surface area contributed by atoms with Crippen LogP contribution in [0.1, 0.15) is 19.5 Å². The van der Waals surface area contributed by atoms with E-state index in [1.54, 1.807) is 11.6 Å². The van der Waals surface area contributed by atoms with Crippen molar-refractivity contribution in [1.82, 2.24) is 14.7 Å². The molecular formula is C11H19N3O2. The number of carboxylic acid groups (broad SMARTS) is 1. The molecule has 1 N–H and O–H groups in total. The van der Waals surface area contributed by atoms with Gasteiger partial charge in [0.25, 0.3) is 0 Å². The van der Waals surface area contributed by atoms with Crippen LogP contribution in [0.15, 0.2) is 12.3 Å². The summed E-state index contributed by atoms with van der Waals surface area (Å²) in [7, 11) is 1.87. The normalized spacial score (nSPS) is 13.0. The molecule has 16 heavy (non-hydrogen) atoms. The minimum Gasteiger partial charge on any atom is -0.481 e. The minimum absolute atomic E-state index is 0.344. The van der Waals surface area contributed by atoms with Crippen molar-refractivity contribution in [3.8, 4) is 0 Å². The molecule has 0 radical (unpaired) electrons. The van der Waals surface area contributed by atoms with Crippen molar-refractivity contribution < 1.29 is 9.90 Å². The topological polar surface area (TPSA) is 58.4 Å². The first-order chi connectivity index (χ1) is 7.52. The third kappa shape index (κ3) is 3.66. The van der Waals surface area contributed by atoms with Crippen molar-refractivity contribution >= 4 is 5.97 Å². The third-order valence-electron chi connectivity index (χ3n) is 2.56. The molecule has 90 valence electrons. The number of nitrogens with zero attached hydrogens (tertiary/aromatic N) is 3. The van der Waals surface area contributed by atoms with Gasteiger partial charge in [0.05, 0.1) is 11.6 Å². The number of aromatic nitrogens is 2. The number of aliphatic carboxylic acids is 1. The first-order valence-corrected chi connectivity index (χ1v) is 5.46. The zero-order valence-electron chi connectivity index (χ0n) is 10.1. The van der Waals surface area contributed by atoms with Crippen molar-refractivity contribution in [2.75, 3.05) is 13.1 Å². The van der Waals surface area contributed by atoms with Crippen molar-refractivity contribution in [1.29, 1.82) is 0 Å². The predicted molar refractivity (Wildman–Crippen MR) is 61.0 cm³/mol. The molecule has 0 spiro atoms. The molecular weight excluding hydrogens is 206 g/mol. The fourth-order valence-corrected chi connectivity index (χ4v) is 1.55. The Hall–Kier alpha value is -1.36. The Bertz CT molecular complexity index is 349. The monoisotopic (exact) mass is 225 g/mol. The molecule has 5 nitrogen and oxygen atoms in total. The SMILES string of the molecule is CCN(Cc1ccn(C)n1)CC(C)C(=O)O. The van der Waals surface area contributed by atoms with Gasteiger partial charge in [0.15, 0.2) is 0 Å². The molecule has 1 aromatic rings. The number of aryl methyl sites for hydroxylation is 1. The van der Waals surface area contributed by atoms with Crippen LogP contribution < -0.4 is 0 Å². The Morgan fingerprint density at radius 2 is 2.38 bits per heavy atom. The van der Waals surface area contributed by atoms with E-state index < -0.39 is 5.97 Å². The standard InChI is InChI=1S/C11H19N3O2/c1-4-14(7-9(2)11(15)16)8-10-5-6-13(3)12-10/h5-6,9H,4,7-8H2,1-3H3,(H,15,16). The predicted octanol–water partition coefficient (Wildman–Crippen LogP) is 0.963. The lowest BCUT2D eigenvalue weighted by molar-refractivity contribution is -0.141. The molecule has 1 unspecified atom stereocenters. The van der Waals surface area contributed by atoms with Crippen molar-refractivity contribution in [2.45, 2.75) is 20.4 Å². The first kappa shape index (κ1) is 12.7. The molecule has 0 amide bonds. The van der Waals surface area contributed by atoms with E-state index >= 15 is 0 Å². The lowest BCUT2D eigenvalue weighted by Crippen LogP contribution is -2.31. The smallest absolute Gasteiger partial charge is 0.307 e. The number of rotatable bonds is 6. The van der Waals surface area contributed by atoms with Gasteiger partial charge >= 0.3 is 5.97 Å². The van der Waals surface area contributed by atoms with Gasteiger partial charge in [-0.3, -0.25) is 14.4 Å². The van der Waals surface area contributed by atoms with Gasteiger partial charge in [0.1, 0.15) is 0 Å². The molecule has 0 aliphatic rings. The third-order valence-corrected chi connectivity index (χ3v) is 2.56. The van der Waals surface area contributed by atoms with E-state index in [1.807, 2.05) is 26.2 Å². The van der Waals surface area contributed by atoms with Gasteiger partial charge in [-0.15, -0.1) is 0 Å². The van der Waals surface area contributed by atoms with Gasteiger partial charge in [-0.05, 0) is 12.6 Å². The molecule has 1 aromatic heterocycles. The second-order valence-electron chi connectivity index (χ2n) is 4.05. The van der Waals surface area contributed by atoms with Crippen LogP contribution in [0.3, 0.4) is 0 Å². The lowest BCUT2D eigenvalue weighted by atomic mass is 10.1. The zero-order valence-corrected chi connectivity index (χ0v) is 10.1. The molecule has 5 heteroatoms. The Balaban J connectivity index is 2.52. The summed E-state index contributed by atoms with van der Waals surface area (Å²) < 4.78 is 1.75.